The zero-order valence-electron chi connectivity index (χ0n) is 11.6. The average Bonchev–Trinajstić information content (AvgIpc) is 2.95. The molecule has 1 atom stereocenters. The van der Waals surface area contributed by atoms with Gasteiger partial charge < -0.3 is 9.47 Å². The van der Waals surface area contributed by atoms with E-state index in [1.165, 1.54) is 28.6 Å². The van der Waals surface area contributed by atoms with Crippen LogP contribution in [0.4, 0.5) is 0 Å². The zero-order valence-corrected chi connectivity index (χ0v) is 14.6. The Hall–Kier alpha value is -0.330. The van der Waals surface area contributed by atoms with Crippen LogP contribution in [0, 0.1) is 9.49 Å². The minimum atomic E-state index is 0.630. The number of hydrogen-bond donors (Lipinski definition) is 0. The van der Waals surface area contributed by atoms with E-state index in [4.69, 9.17) is 16.6 Å². The van der Waals surface area contributed by atoms with Gasteiger partial charge in [-0.3, -0.25) is 0 Å². The Morgan fingerprint density at radius 1 is 1.45 bits per heavy atom. The van der Waals surface area contributed by atoms with Gasteiger partial charge in [-0.15, -0.1) is 11.6 Å². The summed E-state index contributed by atoms with van der Waals surface area (Å²) in [5, 5.41) is 0. The Morgan fingerprint density at radius 3 is 3.00 bits per heavy atom. The maximum Gasteiger partial charge on any atom is 0.111 e. The van der Waals surface area contributed by atoms with Gasteiger partial charge in [0.1, 0.15) is 5.82 Å². The van der Waals surface area contributed by atoms with E-state index >= 15 is 0 Å². The molecule has 0 amide bonds. The molecule has 0 N–H and O–H groups in total. The van der Waals surface area contributed by atoms with Gasteiger partial charge in [-0.2, -0.15) is 0 Å². The Kier molecular flexibility index (Phi) is 4.52. The fourth-order valence-corrected chi connectivity index (χ4v) is 3.71. The number of hydrogen-bond acceptors (Lipinski definition) is 2. The monoisotopic (exact) mass is 403 g/mol. The van der Waals surface area contributed by atoms with Gasteiger partial charge in [0.2, 0.25) is 0 Å². The molecule has 5 heteroatoms. The molecule has 0 aliphatic carbocycles. The minimum absolute atomic E-state index is 0.630. The summed E-state index contributed by atoms with van der Waals surface area (Å²) in [4.78, 5) is 7.20. The Labute approximate surface area is 138 Å². The highest BCUT2D eigenvalue weighted by atomic mass is 127. The average molecular weight is 404 g/mol. The molecule has 20 heavy (non-hydrogen) atoms. The molecule has 3 rings (SSSR count). The highest BCUT2D eigenvalue weighted by molar-refractivity contribution is 14.1. The molecule has 0 radical (unpaired) electrons. The summed E-state index contributed by atoms with van der Waals surface area (Å²) in [6, 6.07) is 6.51. The van der Waals surface area contributed by atoms with Gasteiger partial charge in [0.15, 0.2) is 0 Å². The summed E-state index contributed by atoms with van der Waals surface area (Å²) in [7, 11) is 2.20. The first-order valence-electron chi connectivity index (χ1n) is 7.06. The molecule has 0 saturated carbocycles. The summed E-state index contributed by atoms with van der Waals surface area (Å²) >= 11 is 8.28. The van der Waals surface area contributed by atoms with Crippen molar-refractivity contribution in [2.45, 2.75) is 19.4 Å². The zero-order chi connectivity index (χ0) is 14.1. The maximum atomic E-state index is 5.94. The predicted molar refractivity (Wildman–Crippen MR) is 92.5 cm³/mol. The van der Waals surface area contributed by atoms with Crippen molar-refractivity contribution in [3.63, 3.8) is 0 Å². The van der Waals surface area contributed by atoms with Crippen molar-refractivity contribution in [2.24, 2.45) is 5.92 Å². The second-order valence-corrected chi connectivity index (χ2v) is 7.25. The molecule has 108 valence electrons. The molecule has 2 aromatic rings. The first kappa shape index (κ1) is 14.6. The molecular weight excluding hydrogens is 385 g/mol. The van der Waals surface area contributed by atoms with Gasteiger partial charge in [-0.25, -0.2) is 4.98 Å². The summed E-state index contributed by atoms with van der Waals surface area (Å²) in [6.07, 6.45) is 2.12. The number of likely N-dealkylation sites (tertiary alicyclic amines) is 1. The molecule has 0 bridgehead atoms. The van der Waals surface area contributed by atoms with Crippen LogP contribution in [0.15, 0.2) is 18.2 Å². The normalized spacial score (nSPS) is 20.1. The van der Waals surface area contributed by atoms with Gasteiger partial charge in [-0.1, -0.05) is 0 Å². The quantitative estimate of drug-likeness (QED) is 0.576. The van der Waals surface area contributed by atoms with Crippen molar-refractivity contribution in [1.82, 2.24) is 14.5 Å². The molecule has 1 aromatic carbocycles. The number of rotatable bonds is 4. The van der Waals surface area contributed by atoms with Gasteiger partial charge in [-0.05, 0) is 66.7 Å². The van der Waals surface area contributed by atoms with Crippen LogP contribution in [0.25, 0.3) is 11.0 Å². The van der Waals surface area contributed by atoms with E-state index < -0.39 is 0 Å². The largest absolute Gasteiger partial charge is 0.328 e. The topological polar surface area (TPSA) is 21.1 Å². The number of benzene rings is 1. The van der Waals surface area contributed by atoms with Crippen LogP contribution in [0.3, 0.4) is 0 Å². The third-order valence-electron chi connectivity index (χ3n) is 4.04. The van der Waals surface area contributed by atoms with Gasteiger partial charge in [0.25, 0.3) is 0 Å². The molecule has 0 spiro atoms. The van der Waals surface area contributed by atoms with Gasteiger partial charge >= 0.3 is 0 Å². The number of aromatic nitrogens is 2. The van der Waals surface area contributed by atoms with E-state index in [0.29, 0.717) is 5.88 Å². The van der Waals surface area contributed by atoms with Crippen molar-refractivity contribution in [1.29, 1.82) is 0 Å². The summed E-state index contributed by atoms with van der Waals surface area (Å²) in [6.45, 7) is 3.46. The van der Waals surface area contributed by atoms with Gasteiger partial charge in [0.05, 0.1) is 11.0 Å². The van der Waals surface area contributed by atoms with Crippen LogP contribution in [0.1, 0.15) is 12.2 Å². The first-order chi connectivity index (χ1) is 9.67. The fourth-order valence-electron chi connectivity index (χ4n) is 3.07. The van der Waals surface area contributed by atoms with E-state index in [-0.39, 0.29) is 0 Å². The van der Waals surface area contributed by atoms with Crippen LogP contribution in [-0.2, 0) is 13.0 Å². The minimum Gasteiger partial charge on any atom is -0.328 e. The lowest BCUT2D eigenvalue weighted by atomic mass is 10.1. The lowest BCUT2D eigenvalue weighted by Crippen LogP contribution is -2.18. The van der Waals surface area contributed by atoms with Crippen LogP contribution in [-0.4, -0.2) is 40.5 Å². The second-order valence-electron chi connectivity index (χ2n) is 5.63. The van der Waals surface area contributed by atoms with E-state index in [1.54, 1.807) is 0 Å². The number of imidazole rings is 1. The number of nitrogens with zero attached hydrogens (tertiary/aromatic N) is 3. The van der Waals surface area contributed by atoms with E-state index in [1.807, 2.05) is 0 Å². The third-order valence-corrected chi connectivity index (χ3v) is 4.90. The highest BCUT2D eigenvalue weighted by Crippen LogP contribution is 2.24. The van der Waals surface area contributed by atoms with Crippen LogP contribution in [0.2, 0.25) is 0 Å². The fraction of sp³-hybridized carbons (Fsp3) is 0.533. The molecule has 2 heterocycles. The van der Waals surface area contributed by atoms with Crippen molar-refractivity contribution >= 4 is 45.2 Å². The van der Waals surface area contributed by atoms with E-state index in [2.05, 4.69) is 57.3 Å². The predicted octanol–water partition coefficient (Wildman–Crippen LogP) is 3.37. The SMILES string of the molecule is CN1CCC(Cn2c(CCCl)nc3cc(I)ccc32)C1. The number of halogens is 2. The van der Waals surface area contributed by atoms with Crippen LogP contribution >= 0.6 is 34.2 Å². The Bertz CT molecular complexity index is 610. The molecule has 1 unspecified atom stereocenters. The Morgan fingerprint density at radius 2 is 2.30 bits per heavy atom. The maximum absolute atomic E-state index is 5.94. The number of fused-ring (bicyclic) bond motifs is 1. The van der Waals surface area contributed by atoms with Crippen molar-refractivity contribution in [2.75, 3.05) is 26.0 Å². The van der Waals surface area contributed by atoms with E-state index in [0.717, 1.165) is 30.2 Å². The lowest BCUT2D eigenvalue weighted by Gasteiger charge is -2.14. The van der Waals surface area contributed by atoms with Crippen molar-refractivity contribution in [3.8, 4) is 0 Å². The summed E-state index contributed by atoms with van der Waals surface area (Å²) in [5.41, 5.74) is 2.35. The smallest absolute Gasteiger partial charge is 0.111 e. The highest BCUT2D eigenvalue weighted by Gasteiger charge is 2.22. The molecule has 1 aliphatic heterocycles. The number of aryl methyl sites for hydroxylation is 1. The summed E-state index contributed by atoms with van der Waals surface area (Å²) < 4.78 is 3.62. The molecular formula is C15H19ClIN3. The van der Waals surface area contributed by atoms with Crippen molar-refractivity contribution < 1.29 is 0 Å². The van der Waals surface area contributed by atoms with Gasteiger partial charge in [0, 0.05) is 29.0 Å². The molecule has 1 fully saturated rings. The van der Waals surface area contributed by atoms with Crippen LogP contribution < -0.4 is 0 Å². The second kappa shape index (κ2) is 6.20. The van der Waals surface area contributed by atoms with Crippen LogP contribution in [0.5, 0.6) is 0 Å². The van der Waals surface area contributed by atoms with Crippen molar-refractivity contribution in [3.05, 3.63) is 27.6 Å². The number of alkyl halides is 1. The first-order valence-corrected chi connectivity index (χ1v) is 8.68. The Balaban J connectivity index is 1.95. The summed E-state index contributed by atoms with van der Waals surface area (Å²) in [5.74, 6) is 2.49. The standard InChI is InChI=1S/C15H19ClIN3/c1-19-7-5-11(9-19)10-20-14-3-2-12(17)8-13(14)18-15(20)4-6-16/h2-3,8,11H,4-7,9-10H2,1H3. The molecule has 3 nitrogen and oxygen atoms in total. The van der Waals surface area contributed by atoms with E-state index in [9.17, 15) is 0 Å². The molecule has 1 aromatic heterocycles. The molecule has 1 saturated heterocycles. The third kappa shape index (κ3) is 2.97. The molecule has 1 aliphatic rings. The lowest BCUT2D eigenvalue weighted by molar-refractivity contribution is 0.378.